The van der Waals surface area contributed by atoms with Crippen molar-refractivity contribution in [3.8, 4) is 5.75 Å². The summed E-state index contributed by atoms with van der Waals surface area (Å²) in [6, 6.07) is 11.4. The Balaban J connectivity index is 1.69. The molecule has 0 saturated carbocycles. The van der Waals surface area contributed by atoms with Gasteiger partial charge in [-0.1, -0.05) is 6.07 Å². The molecule has 3 aromatic rings. The zero-order valence-corrected chi connectivity index (χ0v) is 16.4. The van der Waals surface area contributed by atoms with Gasteiger partial charge in [-0.15, -0.1) is 11.3 Å². The van der Waals surface area contributed by atoms with Crippen molar-refractivity contribution in [3.05, 3.63) is 70.2 Å². The average Bonchev–Trinajstić information content (AvgIpc) is 3.15. The molecule has 2 aromatic carbocycles. The fraction of sp³-hybridized carbons (Fsp3) is 0.158. The van der Waals surface area contributed by atoms with E-state index in [9.17, 15) is 13.2 Å². The first-order chi connectivity index (χ1) is 12.8. The molecule has 27 heavy (non-hydrogen) atoms. The van der Waals surface area contributed by atoms with Crippen molar-refractivity contribution in [1.82, 2.24) is 4.98 Å². The van der Waals surface area contributed by atoms with Gasteiger partial charge in [-0.25, -0.2) is 13.4 Å². The summed E-state index contributed by atoms with van der Waals surface area (Å²) in [4.78, 5) is 16.8. The summed E-state index contributed by atoms with van der Waals surface area (Å²) in [6.45, 7) is 2.17. The molecule has 6 nitrogen and oxygen atoms in total. The fourth-order valence-corrected chi connectivity index (χ4v) is 3.52. The number of amides is 1. The molecule has 8 heteroatoms. The SMILES string of the molecule is Cc1ccc(S(C)(=O)=O)cc1NC(=O)c1ccc(OCc2cscn2)cc1. The van der Waals surface area contributed by atoms with Gasteiger partial charge >= 0.3 is 0 Å². The number of hydrogen-bond donors (Lipinski definition) is 1. The lowest BCUT2D eigenvalue weighted by Gasteiger charge is -2.11. The summed E-state index contributed by atoms with van der Waals surface area (Å²) in [5, 5.41) is 4.67. The summed E-state index contributed by atoms with van der Waals surface area (Å²) in [5.41, 5.74) is 4.28. The number of sulfone groups is 1. The van der Waals surface area contributed by atoms with Gasteiger partial charge in [0, 0.05) is 22.9 Å². The summed E-state index contributed by atoms with van der Waals surface area (Å²) in [7, 11) is -3.35. The molecule has 0 aliphatic heterocycles. The summed E-state index contributed by atoms with van der Waals surface area (Å²) in [6.07, 6.45) is 1.13. The highest BCUT2D eigenvalue weighted by atomic mass is 32.2. The molecular weight excluding hydrogens is 384 g/mol. The van der Waals surface area contributed by atoms with Crippen molar-refractivity contribution < 1.29 is 17.9 Å². The van der Waals surface area contributed by atoms with Crippen LogP contribution in [0.15, 0.2) is 58.3 Å². The largest absolute Gasteiger partial charge is 0.487 e. The Morgan fingerprint density at radius 2 is 1.93 bits per heavy atom. The van der Waals surface area contributed by atoms with Gasteiger partial charge in [0.05, 0.1) is 16.1 Å². The van der Waals surface area contributed by atoms with Crippen LogP contribution in [-0.4, -0.2) is 25.6 Å². The zero-order chi connectivity index (χ0) is 19.4. The van der Waals surface area contributed by atoms with Gasteiger partial charge < -0.3 is 10.1 Å². The van der Waals surface area contributed by atoms with Gasteiger partial charge in [0.15, 0.2) is 9.84 Å². The maximum Gasteiger partial charge on any atom is 0.255 e. The Hall–Kier alpha value is -2.71. The zero-order valence-electron chi connectivity index (χ0n) is 14.8. The van der Waals surface area contributed by atoms with Crippen molar-refractivity contribution in [1.29, 1.82) is 0 Å². The molecule has 0 saturated heterocycles. The van der Waals surface area contributed by atoms with E-state index in [0.29, 0.717) is 23.6 Å². The molecule has 0 unspecified atom stereocenters. The first kappa shape index (κ1) is 19.1. The molecule has 3 rings (SSSR count). The lowest BCUT2D eigenvalue weighted by Crippen LogP contribution is -2.13. The van der Waals surface area contributed by atoms with E-state index in [4.69, 9.17) is 4.74 Å². The Labute approximate surface area is 161 Å². The van der Waals surface area contributed by atoms with Gasteiger partial charge in [-0.2, -0.15) is 0 Å². The van der Waals surface area contributed by atoms with Gasteiger partial charge in [0.2, 0.25) is 0 Å². The van der Waals surface area contributed by atoms with E-state index >= 15 is 0 Å². The van der Waals surface area contributed by atoms with Crippen molar-refractivity contribution in [2.75, 3.05) is 11.6 Å². The number of rotatable bonds is 6. The van der Waals surface area contributed by atoms with Crippen LogP contribution in [0.5, 0.6) is 5.75 Å². The van der Waals surface area contributed by atoms with E-state index in [1.54, 1.807) is 42.8 Å². The third-order valence-corrected chi connectivity index (χ3v) is 5.62. The van der Waals surface area contributed by atoms with Crippen LogP contribution in [0.2, 0.25) is 0 Å². The maximum absolute atomic E-state index is 12.5. The maximum atomic E-state index is 12.5. The highest BCUT2D eigenvalue weighted by molar-refractivity contribution is 7.90. The Kier molecular flexibility index (Phi) is 5.57. The van der Waals surface area contributed by atoms with Crippen LogP contribution < -0.4 is 10.1 Å². The number of aryl methyl sites for hydroxylation is 1. The Morgan fingerprint density at radius 1 is 1.19 bits per heavy atom. The number of anilines is 1. The highest BCUT2D eigenvalue weighted by Gasteiger charge is 2.12. The van der Waals surface area contributed by atoms with Gasteiger partial charge in [-0.05, 0) is 48.9 Å². The lowest BCUT2D eigenvalue weighted by atomic mass is 10.1. The molecular formula is C19H18N2O4S2. The summed E-state index contributed by atoms with van der Waals surface area (Å²) >= 11 is 1.50. The normalized spacial score (nSPS) is 11.2. The minimum atomic E-state index is -3.35. The molecule has 0 radical (unpaired) electrons. The molecule has 0 aliphatic rings. The molecule has 1 amide bonds. The third kappa shape index (κ3) is 4.93. The van der Waals surface area contributed by atoms with Crippen LogP contribution in [0.4, 0.5) is 5.69 Å². The smallest absolute Gasteiger partial charge is 0.255 e. The van der Waals surface area contributed by atoms with Crippen LogP contribution in [0, 0.1) is 6.92 Å². The predicted molar refractivity (Wildman–Crippen MR) is 105 cm³/mol. The number of nitrogens with zero attached hydrogens (tertiary/aromatic N) is 1. The van der Waals surface area contributed by atoms with Crippen molar-refractivity contribution in [2.45, 2.75) is 18.4 Å². The second kappa shape index (κ2) is 7.89. The number of nitrogens with one attached hydrogen (secondary N) is 1. The first-order valence-electron chi connectivity index (χ1n) is 8.05. The number of benzene rings is 2. The summed E-state index contributed by atoms with van der Waals surface area (Å²) < 4.78 is 29.0. The van der Waals surface area contributed by atoms with E-state index in [2.05, 4.69) is 10.3 Å². The van der Waals surface area contributed by atoms with E-state index < -0.39 is 9.84 Å². The molecule has 140 valence electrons. The van der Waals surface area contributed by atoms with Gasteiger partial charge in [0.1, 0.15) is 12.4 Å². The van der Waals surface area contributed by atoms with Gasteiger partial charge in [-0.3, -0.25) is 4.79 Å². The monoisotopic (exact) mass is 402 g/mol. The number of carbonyl (C=O) groups is 1. The molecule has 0 bridgehead atoms. The Morgan fingerprint density at radius 3 is 2.56 bits per heavy atom. The van der Waals surface area contributed by atoms with Gasteiger partial charge in [0.25, 0.3) is 5.91 Å². The van der Waals surface area contributed by atoms with Crippen molar-refractivity contribution >= 4 is 32.8 Å². The molecule has 0 fully saturated rings. The van der Waals surface area contributed by atoms with E-state index in [1.807, 2.05) is 5.38 Å². The fourth-order valence-electron chi connectivity index (χ4n) is 2.33. The third-order valence-electron chi connectivity index (χ3n) is 3.87. The lowest BCUT2D eigenvalue weighted by molar-refractivity contribution is 0.102. The molecule has 1 heterocycles. The standard InChI is InChI=1S/C19H18N2O4S2/c1-13-3-8-17(27(2,23)24)9-18(13)21-19(22)14-4-6-16(7-5-14)25-10-15-11-26-12-20-15/h3-9,11-12H,10H2,1-2H3,(H,21,22). The Bertz CT molecular complexity index is 1040. The molecule has 1 aromatic heterocycles. The number of ether oxygens (including phenoxy) is 1. The number of thiazole rings is 1. The van der Waals surface area contributed by atoms with Crippen LogP contribution in [-0.2, 0) is 16.4 Å². The van der Waals surface area contributed by atoms with Crippen LogP contribution >= 0.6 is 11.3 Å². The number of hydrogen-bond acceptors (Lipinski definition) is 6. The summed E-state index contributed by atoms with van der Waals surface area (Å²) in [5.74, 6) is 0.310. The average molecular weight is 402 g/mol. The number of carbonyl (C=O) groups excluding carboxylic acids is 1. The quantitative estimate of drug-likeness (QED) is 0.680. The number of aromatic nitrogens is 1. The van der Waals surface area contributed by atoms with Crippen LogP contribution in [0.3, 0.4) is 0 Å². The minimum absolute atomic E-state index is 0.161. The van der Waals surface area contributed by atoms with E-state index in [1.165, 1.54) is 23.5 Å². The molecule has 0 atom stereocenters. The second-order valence-corrected chi connectivity index (χ2v) is 8.73. The van der Waals surface area contributed by atoms with E-state index in [-0.39, 0.29) is 10.8 Å². The van der Waals surface area contributed by atoms with E-state index in [0.717, 1.165) is 17.5 Å². The van der Waals surface area contributed by atoms with Crippen molar-refractivity contribution in [3.63, 3.8) is 0 Å². The topological polar surface area (TPSA) is 85.4 Å². The highest BCUT2D eigenvalue weighted by Crippen LogP contribution is 2.21. The first-order valence-corrected chi connectivity index (χ1v) is 10.9. The van der Waals surface area contributed by atoms with Crippen LogP contribution in [0.25, 0.3) is 0 Å². The molecule has 0 aliphatic carbocycles. The molecule has 0 spiro atoms. The minimum Gasteiger partial charge on any atom is -0.487 e. The predicted octanol–water partition coefficient (Wildman–Crippen LogP) is 3.69. The van der Waals surface area contributed by atoms with Crippen molar-refractivity contribution in [2.24, 2.45) is 0 Å². The second-order valence-electron chi connectivity index (χ2n) is 6.00. The van der Waals surface area contributed by atoms with Crippen LogP contribution in [0.1, 0.15) is 21.6 Å². The molecule has 1 N–H and O–H groups in total.